The Morgan fingerprint density at radius 3 is 2.42 bits per heavy atom. The zero-order valence-electron chi connectivity index (χ0n) is 15.3. The van der Waals surface area contributed by atoms with Gasteiger partial charge in [0, 0.05) is 10.7 Å². The van der Waals surface area contributed by atoms with Crippen molar-refractivity contribution < 1.29 is 19.2 Å². The fourth-order valence-electron chi connectivity index (χ4n) is 3.21. The second-order valence-corrected chi connectivity index (χ2v) is 8.53. The minimum Gasteiger partial charge on any atom is -0.466 e. The predicted molar refractivity (Wildman–Crippen MR) is 97.7 cm³/mol. The number of amides is 1. The second kappa shape index (κ2) is 10.4. The van der Waals surface area contributed by atoms with Crippen LogP contribution >= 0.6 is 15.9 Å². The third kappa shape index (κ3) is 8.47. The average molecular weight is 406 g/mol. The van der Waals surface area contributed by atoms with E-state index in [2.05, 4.69) is 15.9 Å². The lowest BCUT2D eigenvalue weighted by Gasteiger charge is -2.40. The van der Waals surface area contributed by atoms with Gasteiger partial charge in [-0.2, -0.15) is 0 Å². The second-order valence-electron chi connectivity index (χ2n) is 7.74. The van der Waals surface area contributed by atoms with Crippen LogP contribution in [0.3, 0.4) is 0 Å². The van der Waals surface area contributed by atoms with Crippen molar-refractivity contribution in [3.63, 3.8) is 0 Å². The summed E-state index contributed by atoms with van der Waals surface area (Å²) in [6.07, 6.45) is 8.17. The van der Waals surface area contributed by atoms with E-state index in [4.69, 9.17) is 9.57 Å². The van der Waals surface area contributed by atoms with Crippen LogP contribution in [0.5, 0.6) is 0 Å². The monoisotopic (exact) mass is 405 g/mol. The molecule has 1 saturated carbocycles. The average Bonchev–Trinajstić information content (AvgIpc) is 2.50. The highest BCUT2D eigenvalue weighted by molar-refractivity contribution is 9.09. The molecule has 24 heavy (non-hydrogen) atoms. The lowest BCUT2D eigenvalue weighted by atomic mass is 9.71. The van der Waals surface area contributed by atoms with Gasteiger partial charge in [0.25, 0.3) is 0 Å². The molecule has 1 aliphatic carbocycles. The Hall–Kier alpha value is -0.620. The Balaban J connectivity index is 2.64. The fourth-order valence-corrected chi connectivity index (χ4v) is 3.60. The number of carbonyl (C=O) groups is 2. The summed E-state index contributed by atoms with van der Waals surface area (Å²) in [5, 5.41) is 2.29. The van der Waals surface area contributed by atoms with Crippen molar-refractivity contribution in [1.29, 1.82) is 0 Å². The number of hydroxylamine groups is 2. The van der Waals surface area contributed by atoms with E-state index >= 15 is 0 Å². The van der Waals surface area contributed by atoms with Crippen molar-refractivity contribution in [2.24, 2.45) is 5.41 Å². The number of nitrogens with zero attached hydrogens (tertiary/aromatic N) is 1. The molecular formula is C18H32BrNO4. The number of alkyl halides is 1. The number of rotatable bonds is 10. The summed E-state index contributed by atoms with van der Waals surface area (Å²) in [5.74, 6) is -0.159. The van der Waals surface area contributed by atoms with Gasteiger partial charge < -0.3 is 4.74 Å². The number of hydrogen-bond donors (Lipinski definition) is 0. The van der Waals surface area contributed by atoms with Crippen molar-refractivity contribution in [2.45, 2.75) is 77.7 Å². The van der Waals surface area contributed by atoms with Gasteiger partial charge in [0.2, 0.25) is 6.41 Å². The van der Waals surface area contributed by atoms with E-state index in [1.165, 1.54) is 11.5 Å². The van der Waals surface area contributed by atoms with Crippen LogP contribution in [0, 0.1) is 5.41 Å². The highest BCUT2D eigenvalue weighted by Gasteiger charge is 2.37. The van der Waals surface area contributed by atoms with E-state index in [0.29, 0.717) is 19.6 Å². The molecule has 0 radical (unpaired) electrons. The predicted octanol–water partition coefficient (Wildman–Crippen LogP) is 4.23. The minimum atomic E-state index is -0.438. The van der Waals surface area contributed by atoms with Crippen molar-refractivity contribution in [3.8, 4) is 0 Å². The van der Waals surface area contributed by atoms with Crippen LogP contribution in [0.1, 0.15) is 72.1 Å². The number of unbranched alkanes of at least 4 members (excludes halogenated alkanes) is 1. The fraction of sp³-hybridized carbons (Fsp3) is 0.889. The molecule has 1 fully saturated rings. The van der Waals surface area contributed by atoms with Crippen LogP contribution in [0.4, 0.5) is 0 Å². The smallest absolute Gasteiger partial charge is 0.306 e. The summed E-state index contributed by atoms with van der Waals surface area (Å²) in [6.45, 7) is 6.65. The Labute approximate surface area is 154 Å². The molecule has 1 aliphatic rings. The number of ether oxygens (including phenoxy) is 1. The molecule has 1 rings (SSSR count). The molecular weight excluding hydrogens is 374 g/mol. The van der Waals surface area contributed by atoms with E-state index in [-0.39, 0.29) is 11.4 Å². The molecule has 0 spiro atoms. The van der Waals surface area contributed by atoms with Crippen molar-refractivity contribution in [1.82, 2.24) is 5.06 Å². The van der Waals surface area contributed by atoms with Crippen LogP contribution in [-0.2, 0) is 19.2 Å². The van der Waals surface area contributed by atoms with Gasteiger partial charge in [-0.1, -0.05) is 35.2 Å². The third-order valence-corrected chi connectivity index (χ3v) is 4.79. The number of esters is 1. The lowest BCUT2D eigenvalue weighted by molar-refractivity contribution is -0.228. The molecule has 5 nitrogen and oxygen atoms in total. The number of halogens is 1. The van der Waals surface area contributed by atoms with Crippen LogP contribution in [0.15, 0.2) is 0 Å². The molecule has 6 heteroatoms. The summed E-state index contributed by atoms with van der Waals surface area (Å²) in [6, 6.07) is 0. The zero-order valence-corrected chi connectivity index (χ0v) is 16.9. The van der Waals surface area contributed by atoms with Gasteiger partial charge in [-0.25, -0.2) is 5.06 Å². The van der Waals surface area contributed by atoms with E-state index in [1.807, 2.05) is 20.8 Å². The summed E-state index contributed by atoms with van der Waals surface area (Å²) in [7, 11) is 0. The molecule has 0 heterocycles. The Morgan fingerprint density at radius 2 is 1.88 bits per heavy atom. The summed E-state index contributed by atoms with van der Waals surface area (Å²) < 4.78 is 5.38. The van der Waals surface area contributed by atoms with Crippen LogP contribution in [0.2, 0.25) is 0 Å². The number of carbonyl (C=O) groups excluding carboxylic acids is 2. The highest BCUT2D eigenvalue weighted by Crippen LogP contribution is 2.40. The normalized spacial score (nSPS) is 17.3. The Morgan fingerprint density at radius 1 is 1.21 bits per heavy atom. The topological polar surface area (TPSA) is 55.8 Å². The SMILES string of the molecule is CC(C)(C)ON(C=O)CC1(CC(=O)OCCCCBr)CCCCC1. The first-order valence-corrected chi connectivity index (χ1v) is 10.1. The molecule has 0 N–H and O–H groups in total. The lowest BCUT2D eigenvalue weighted by Crippen LogP contribution is -2.43. The summed E-state index contributed by atoms with van der Waals surface area (Å²) in [4.78, 5) is 29.4. The Bertz CT molecular complexity index is 389. The summed E-state index contributed by atoms with van der Waals surface area (Å²) >= 11 is 3.37. The maximum absolute atomic E-state index is 12.3. The first-order valence-electron chi connectivity index (χ1n) is 8.93. The maximum Gasteiger partial charge on any atom is 0.306 e. The van der Waals surface area contributed by atoms with Gasteiger partial charge in [-0.15, -0.1) is 0 Å². The van der Waals surface area contributed by atoms with E-state index in [0.717, 1.165) is 50.3 Å². The third-order valence-electron chi connectivity index (χ3n) is 4.22. The van der Waals surface area contributed by atoms with Gasteiger partial charge in [0.1, 0.15) is 0 Å². The first-order chi connectivity index (χ1) is 11.3. The number of hydrogen-bond acceptors (Lipinski definition) is 4. The van der Waals surface area contributed by atoms with Gasteiger partial charge in [0.05, 0.1) is 25.2 Å². The first kappa shape index (κ1) is 21.4. The van der Waals surface area contributed by atoms with Crippen molar-refractivity contribution in [2.75, 3.05) is 18.5 Å². The largest absolute Gasteiger partial charge is 0.466 e. The maximum atomic E-state index is 12.3. The van der Waals surface area contributed by atoms with E-state index < -0.39 is 5.60 Å². The molecule has 0 bridgehead atoms. The molecule has 0 aromatic heterocycles. The van der Waals surface area contributed by atoms with Crippen molar-refractivity contribution in [3.05, 3.63) is 0 Å². The van der Waals surface area contributed by atoms with Gasteiger partial charge in [0.15, 0.2) is 0 Å². The van der Waals surface area contributed by atoms with Crippen molar-refractivity contribution >= 4 is 28.3 Å². The van der Waals surface area contributed by atoms with Gasteiger partial charge in [-0.05, 0) is 46.5 Å². The van der Waals surface area contributed by atoms with Crippen LogP contribution < -0.4 is 0 Å². The molecule has 140 valence electrons. The molecule has 0 aromatic carbocycles. The summed E-state index contributed by atoms with van der Waals surface area (Å²) in [5.41, 5.74) is -0.663. The zero-order chi connectivity index (χ0) is 18.1. The molecule has 1 amide bonds. The molecule has 0 unspecified atom stereocenters. The van der Waals surface area contributed by atoms with Crippen LogP contribution in [0.25, 0.3) is 0 Å². The van der Waals surface area contributed by atoms with E-state index in [9.17, 15) is 9.59 Å². The van der Waals surface area contributed by atoms with E-state index in [1.54, 1.807) is 0 Å². The highest BCUT2D eigenvalue weighted by atomic mass is 79.9. The quantitative estimate of drug-likeness (QED) is 0.179. The standard InChI is InChI=1S/C18H32BrNO4/c1-17(2,3)24-20(15-21)14-18(9-5-4-6-10-18)13-16(22)23-12-8-7-11-19/h15H,4-14H2,1-3H3. The molecule has 0 aliphatic heterocycles. The van der Waals surface area contributed by atoms with Crippen LogP contribution in [-0.4, -0.2) is 41.5 Å². The van der Waals surface area contributed by atoms with Gasteiger partial charge in [-0.3, -0.25) is 14.4 Å². The Kier molecular flexibility index (Phi) is 9.27. The molecule has 0 aromatic rings. The molecule has 0 saturated heterocycles. The molecule has 0 atom stereocenters. The van der Waals surface area contributed by atoms with Gasteiger partial charge >= 0.3 is 5.97 Å². The minimum absolute atomic E-state index is 0.159.